The highest BCUT2D eigenvalue weighted by Crippen LogP contribution is 2.25. The normalized spacial score (nSPS) is 16.4. The third-order valence-corrected chi connectivity index (χ3v) is 4.58. The monoisotopic (exact) mass is 403 g/mol. The van der Waals surface area contributed by atoms with Gasteiger partial charge in [0, 0.05) is 32.2 Å². The van der Waals surface area contributed by atoms with E-state index >= 15 is 0 Å². The second-order valence-corrected chi connectivity index (χ2v) is 6.07. The highest BCUT2D eigenvalue weighted by atomic mass is 35.5. The Morgan fingerprint density at radius 1 is 1.23 bits per heavy atom. The van der Waals surface area contributed by atoms with Crippen LogP contribution in [-0.2, 0) is 13.1 Å². The van der Waals surface area contributed by atoms with E-state index in [-0.39, 0.29) is 24.8 Å². The van der Waals surface area contributed by atoms with Crippen LogP contribution in [0.4, 0.5) is 0 Å². The first-order valence-corrected chi connectivity index (χ1v) is 8.31. The first-order chi connectivity index (χ1) is 11.7. The van der Waals surface area contributed by atoms with Crippen LogP contribution in [0.15, 0.2) is 28.8 Å². The summed E-state index contributed by atoms with van der Waals surface area (Å²) in [5, 5.41) is 3.97. The summed E-state index contributed by atoms with van der Waals surface area (Å²) in [6.07, 6.45) is 0. The predicted octanol–water partition coefficient (Wildman–Crippen LogP) is 2.26. The third-order valence-electron chi connectivity index (χ3n) is 4.58. The molecule has 2 heterocycles. The van der Waals surface area contributed by atoms with Crippen molar-refractivity contribution < 1.29 is 9.26 Å². The molecule has 1 aromatic heterocycles. The van der Waals surface area contributed by atoms with Crippen LogP contribution in [0.5, 0.6) is 5.75 Å². The summed E-state index contributed by atoms with van der Waals surface area (Å²) in [6.45, 7) is 7.25. The first-order valence-electron chi connectivity index (χ1n) is 8.31. The third kappa shape index (κ3) is 5.56. The van der Waals surface area contributed by atoms with Gasteiger partial charge in [-0.1, -0.05) is 17.3 Å². The van der Waals surface area contributed by atoms with Gasteiger partial charge in [-0.15, -0.1) is 24.8 Å². The number of benzene rings is 1. The van der Waals surface area contributed by atoms with Gasteiger partial charge in [-0.2, -0.15) is 4.98 Å². The second-order valence-electron chi connectivity index (χ2n) is 6.07. The summed E-state index contributed by atoms with van der Waals surface area (Å²) in [6, 6.07) is 8.68. The van der Waals surface area contributed by atoms with Crippen LogP contribution in [0.25, 0.3) is 0 Å². The minimum atomic E-state index is 0. The molecule has 146 valence electrons. The molecule has 26 heavy (non-hydrogen) atoms. The van der Waals surface area contributed by atoms with Crippen molar-refractivity contribution in [1.82, 2.24) is 19.9 Å². The largest absolute Gasteiger partial charge is 0.497 e. The van der Waals surface area contributed by atoms with Gasteiger partial charge in [0.05, 0.1) is 20.2 Å². The number of hydrogen-bond donors (Lipinski definition) is 1. The van der Waals surface area contributed by atoms with E-state index in [0.717, 1.165) is 31.9 Å². The standard InChI is InChI=1S/C17H25N5O2.2ClH/c1-13(14-4-3-5-15(10-14)23-2)22-8-6-21(7-9-22)12-16-19-17(11-18)24-20-16;;/h3-5,10,13H,6-9,11-12,18H2,1-2H3;2*1H. The SMILES string of the molecule is COc1cccc(C(C)N2CCN(Cc3noc(CN)n3)CC2)c1.Cl.Cl. The van der Waals surface area contributed by atoms with E-state index in [4.69, 9.17) is 15.0 Å². The Bertz CT molecular complexity index is 662. The maximum atomic E-state index is 5.50. The number of aromatic nitrogens is 2. The van der Waals surface area contributed by atoms with Crippen molar-refractivity contribution in [3.05, 3.63) is 41.5 Å². The number of nitrogens with two attached hydrogens (primary N) is 1. The average Bonchev–Trinajstić information content (AvgIpc) is 3.09. The Kier molecular flexibility index (Phi) is 9.32. The van der Waals surface area contributed by atoms with E-state index in [2.05, 4.69) is 39.0 Å². The molecule has 0 amide bonds. The van der Waals surface area contributed by atoms with Crippen molar-refractivity contribution in [2.75, 3.05) is 33.3 Å². The van der Waals surface area contributed by atoms with Gasteiger partial charge < -0.3 is 15.0 Å². The highest BCUT2D eigenvalue weighted by molar-refractivity contribution is 5.85. The van der Waals surface area contributed by atoms with Gasteiger partial charge in [0.25, 0.3) is 0 Å². The molecule has 7 nitrogen and oxygen atoms in total. The number of rotatable bonds is 6. The fourth-order valence-corrected chi connectivity index (χ4v) is 3.06. The van der Waals surface area contributed by atoms with Gasteiger partial charge in [-0.3, -0.25) is 9.80 Å². The average molecular weight is 404 g/mol. The van der Waals surface area contributed by atoms with Crippen molar-refractivity contribution in [2.45, 2.75) is 26.1 Å². The van der Waals surface area contributed by atoms with Crippen molar-refractivity contribution in [3.63, 3.8) is 0 Å². The van der Waals surface area contributed by atoms with E-state index in [1.54, 1.807) is 7.11 Å². The van der Waals surface area contributed by atoms with E-state index < -0.39 is 0 Å². The van der Waals surface area contributed by atoms with Crippen LogP contribution in [-0.4, -0.2) is 53.2 Å². The van der Waals surface area contributed by atoms with Gasteiger partial charge in [-0.25, -0.2) is 0 Å². The number of piperazine rings is 1. The molecule has 1 aliphatic rings. The Labute approximate surface area is 166 Å². The lowest BCUT2D eigenvalue weighted by Crippen LogP contribution is -2.46. The van der Waals surface area contributed by atoms with E-state index in [1.807, 2.05) is 12.1 Å². The van der Waals surface area contributed by atoms with Crippen molar-refractivity contribution in [3.8, 4) is 5.75 Å². The van der Waals surface area contributed by atoms with E-state index in [9.17, 15) is 0 Å². The Balaban J connectivity index is 0.00000169. The summed E-state index contributed by atoms with van der Waals surface area (Å²) >= 11 is 0. The molecule has 0 spiro atoms. The van der Waals surface area contributed by atoms with E-state index in [1.165, 1.54) is 5.56 Å². The fourth-order valence-electron chi connectivity index (χ4n) is 3.06. The van der Waals surface area contributed by atoms with Crippen molar-refractivity contribution >= 4 is 24.8 Å². The van der Waals surface area contributed by atoms with Crippen LogP contribution in [0.1, 0.15) is 30.2 Å². The molecular formula is C17H27Cl2N5O2. The highest BCUT2D eigenvalue weighted by Gasteiger charge is 2.23. The molecule has 1 unspecified atom stereocenters. The molecule has 1 saturated heterocycles. The number of halogens is 2. The van der Waals surface area contributed by atoms with Gasteiger partial charge >= 0.3 is 0 Å². The lowest BCUT2D eigenvalue weighted by molar-refractivity contribution is 0.0955. The molecule has 1 fully saturated rings. The fraction of sp³-hybridized carbons (Fsp3) is 0.529. The van der Waals surface area contributed by atoms with Crippen LogP contribution in [0.2, 0.25) is 0 Å². The Hall–Kier alpha value is -1.38. The maximum absolute atomic E-state index is 5.50. The van der Waals surface area contributed by atoms with Crippen LogP contribution >= 0.6 is 24.8 Å². The van der Waals surface area contributed by atoms with Gasteiger partial charge in [0.1, 0.15) is 5.75 Å². The molecule has 0 saturated carbocycles. The zero-order chi connectivity index (χ0) is 16.9. The molecule has 0 radical (unpaired) electrons. The minimum absolute atomic E-state index is 0. The van der Waals surface area contributed by atoms with Crippen molar-refractivity contribution in [2.24, 2.45) is 5.73 Å². The van der Waals surface area contributed by atoms with Crippen LogP contribution < -0.4 is 10.5 Å². The number of hydrogen-bond acceptors (Lipinski definition) is 7. The topological polar surface area (TPSA) is 80.7 Å². The molecule has 1 aliphatic heterocycles. The first kappa shape index (κ1) is 22.7. The van der Waals surface area contributed by atoms with Crippen LogP contribution in [0, 0.1) is 0 Å². The molecule has 1 atom stereocenters. The summed E-state index contributed by atoms with van der Waals surface area (Å²) < 4.78 is 10.4. The molecule has 9 heteroatoms. The van der Waals surface area contributed by atoms with Crippen LogP contribution in [0.3, 0.4) is 0 Å². The predicted molar refractivity (Wildman–Crippen MR) is 105 cm³/mol. The molecule has 2 N–H and O–H groups in total. The molecule has 2 aromatic rings. The van der Waals surface area contributed by atoms with Gasteiger partial charge in [-0.05, 0) is 24.6 Å². The maximum Gasteiger partial charge on any atom is 0.240 e. The molecule has 1 aromatic carbocycles. The number of nitrogens with zero attached hydrogens (tertiary/aromatic N) is 4. The van der Waals surface area contributed by atoms with E-state index in [0.29, 0.717) is 30.8 Å². The zero-order valence-corrected chi connectivity index (χ0v) is 16.8. The summed E-state index contributed by atoms with van der Waals surface area (Å²) in [5.41, 5.74) is 6.78. The smallest absolute Gasteiger partial charge is 0.240 e. The number of methoxy groups -OCH3 is 1. The summed E-state index contributed by atoms with van der Waals surface area (Å²) in [5.74, 6) is 2.12. The summed E-state index contributed by atoms with van der Waals surface area (Å²) in [4.78, 5) is 9.11. The van der Waals surface area contributed by atoms with Gasteiger partial charge in [0.15, 0.2) is 5.82 Å². The molecule has 0 aliphatic carbocycles. The second kappa shape index (κ2) is 10.7. The quantitative estimate of drug-likeness (QED) is 0.791. The molecular weight excluding hydrogens is 377 g/mol. The molecule has 3 rings (SSSR count). The number of ether oxygens (including phenoxy) is 1. The molecule has 0 bridgehead atoms. The Morgan fingerprint density at radius 3 is 2.58 bits per heavy atom. The summed E-state index contributed by atoms with van der Waals surface area (Å²) in [7, 11) is 1.70. The lowest BCUT2D eigenvalue weighted by atomic mass is 10.1. The minimum Gasteiger partial charge on any atom is -0.497 e. The van der Waals surface area contributed by atoms with Crippen molar-refractivity contribution in [1.29, 1.82) is 0 Å². The Morgan fingerprint density at radius 2 is 1.96 bits per heavy atom. The zero-order valence-electron chi connectivity index (χ0n) is 15.1. The van der Waals surface area contributed by atoms with Gasteiger partial charge in [0.2, 0.25) is 5.89 Å². The lowest BCUT2D eigenvalue weighted by Gasteiger charge is -2.37.